The van der Waals surface area contributed by atoms with Crippen molar-refractivity contribution in [2.75, 3.05) is 0 Å². The number of nitrogens with zero attached hydrogens (tertiary/aromatic N) is 1. The van der Waals surface area contributed by atoms with Gasteiger partial charge in [0.15, 0.2) is 0 Å². The minimum Gasteiger partial charge on any atom is -0.481 e. The highest BCUT2D eigenvalue weighted by Crippen LogP contribution is 2.03. The van der Waals surface area contributed by atoms with Crippen LogP contribution in [0.25, 0.3) is 0 Å². The third-order valence-electron chi connectivity index (χ3n) is 3.81. The van der Waals surface area contributed by atoms with Gasteiger partial charge in [0.05, 0.1) is 12.2 Å². The van der Waals surface area contributed by atoms with Crippen molar-refractivity contribution in [3.05, 3.63) is 67.1 Å². The number of unbranched alkanes of at least 4 members (excludes halogenated alkanes) is 3. The number of carboxylic acid groups (broad SMARTS) is 1. The fourth-order valence-electron chi connectivity index (χ4n) is 2.23. The Balaban J connectivity index is 0.00000135. The molecule has 0 spiro atoms. The second kappa shape index (κ2) is 20.3. The topological polar surface area (TPSA) is 106 Å². The smallest absolute Gasteiger partial charge is 0.303 e. The van der Waals surface area contributed by atoms with E-state index < -0.39 is 18.2 Å². The van der Waals surface area contributed by atoms with Crippen LogP contribution >= 0.6 is 0 Å². The molecule has 1 heterocycles. The number of allylic oxidation sites excluding steroid dienone is 5. The summed E-state index contributed by atoms with van der Waals surface area (Å²) >= 11 is 0. The van der Waals surface area contributed by atoms with E-state index in [4.69, 9.17) is 5.11 Å². The lowest BCUT2D eigenvalue weighted by Gasteiger charge is -2.02. The zero-order valence-electron chi connectivity index (χ0n) is 17.4. The predicted molar refractivity (Wildman–Crippen MR) is 117 cm³/mol. The summed E-state index contributed by atoms with van der Waals surface area (Å²) in [5.74, 6) is -0.842. The second-order valence-electron chi connectivity index (χ2n) is 6.54. The molecule has 0 aliphatic heterocycles. The van der Waals surface area contributed by atoms with Gasteiger partial charge in [-0.05, 0) is 38.2 Å². The van der Waals surface area contributed by atoms with Gasteiger partial charge in [-0.25, -0.2) is 0 Å². The molecule has 0 saturated carbocycles. The van der Waals surface area contributed by atoms with Crippen molar-refractivity contribution in [3.63, 3.8) is 0 Å². The molecular formula is C23H36N2O4. The van der Waals surface area contributed by atoms with Gasteiger partial charge in [-0.15, -0.1) is 0 Å². The molecule has 0 aliphatic rings. The molecule has 4 N–H and O–H groups in total. The van der Waals surface area contributed by atoms with E-state index in [2.05, 4.69) is 23.2 Å². The fraction of sp³-hybridized carbons (Fsp3) is 0.478. The summed E-state index contributed by atoms with van der Waals surface area (Å²) in [6.45, 7) is 2.18. The van der Waals surface area contributed by atoms with Crippen molar-refractivity contribution >= 4 is 5.97 Å². The molecule has 6 nitrogen and oxygen atoms in total. The maximum absolute atomic E-state index is 10.3. The first kappa shape index (κ1) is 26.6. The van der Waals surface area contributed by atoms with Crippen LogP contribution in [0.1, 0.15) is 58.3 Å². The molecule has 1 aromatic heterocycles. The maximum Gasteiger partial charge on any atom is 0.303 e. The number of carbonyl (C=O) groups is 1. The van der Waals surface area contributed by atoms with E-state index in [1.54, 1.807) is 48.8 Å². The number of aliphatic carboxylic acids is 1. The van der Waals surface area contributed by atoms with Crippen molar-refractivity contribution in [1.82, 2.24) is 10.2 Å². The van der Waals surface area contributed by atoms with Crippen LogP contribution in [-0.2, 0) is 4.79 Å². The molecule has 0 radical (unpaired) electrons. The van der Waals surface area contributed by atoms with Gasteiger partial charge >= 0.3 is 5.97 Å². The van der Waals surface area contributed by atoms with Crippen LogP contribution in [0.15, 0.2) is 67.1 Å². The zero-order chi connectivity index (χ0) is 21.6. The molecule has 1 rings (SSSR count). The molecule has 162 valence electrons. The molecule has 1 aromatic rings. The first-order valence-electron chi connectivity index (χ1n) is 10.2. The highest BCUT2D eigenvalue weighted by atomic mass is 16.4. The van der Waals surface area contributed by atoms with Gasteiger partial charge in [0, 0.05) is 18.8 Å². The lowest BCUT2D eigenvalue weighted by Crippen LogP contribution is -2.03. The summed E-state index contributed by atoms with van der Waals surface area (Å²) < 4.78 is 0. The molecule has 0 aromatic carbocycles. The summed E-state index contributed by atoms with van der Waals surface area (Å²) in [6, 6.07) is 1.83. The molecule has 0 unspecified atom stereocenters. The molecule has 0 amide bonds. The molecule has 29 heavy (non-hydrogen) atoms. The molecule has 0 saturated heterocycles. The molecule has 0 fully saturated rings. The number of rotatable bonds is 14. The highest BCUT2D eigenvalue weighted by Gasteiger charge is 2.01. The molecule has 2 atom stereocenters. The summed E-state index contributed by atoms with van der Waals surface area (Å²) in [5.41, 5.74) is 0. The number of aromatic nitrogens is 2. The third kappa shape index (κ3) is 21.7. The first-order chi connectivity index (χ1) is 14.1. The van der Waals surface area contributed by atoms with E-state index in [-0.39, 0.29) is 6.42 Å². The number of aliphatic hydroxyl groups excluding tert-OH is 2. The first-order valence-corrected chi connectivity index (χ1v) is 10.2. The molecule has 0 bridgehead atoms. The average molecular weight is 405 g/mol. The maximum atomic E-state index is 10.3. The highest BCUT2D eigenvalue weighted by molar-refractivity contribution is 5.66. The van der Waals surface area contributed by atoms with Gasteiger partial charge in [0.25, 0.3) is 0 Å². The van der Waals surface area contributed by atoms with Crippen LogP contribution in [0.2, 0.25) is 0 Å². The normalized spacial score (nSPS) is 13.9. The number of H-pyrrole nitrogens is 1. The van der Waals surface area contributed by atoms with Crippen LogP contribution < -0.4 is 0 Å². The van der Waals surface area contributed by atoms with Crippen molar-refractivity contribution in [3.8, 4) is 0 Å². The Morgan fingerprint density at radius 2 is 1.76 bits per heavy atom. The summed E-state index contributed by atoms with van der Waals surface area (Å²) in [4.78, 5) is 10.3. The Labute approximate surface area is 174 Å². The Kier molecular flexibility index (Phi) is 18.6. The Morgan fingerprint density at radius 3 is 2.31 bits per heavy atom. The van der Waals surface area contributed by atoms with Crippen LogP contribution in [0.4, 0.5) is 0 Å². The average Bonchev–Trinajstić information content (AvgIpc) is 3.27. The van der Waals surface area contributed by atoms with Crippen LogP contribution in [0.5, 0.6) is 0 Å². The molecular weight excluding hydrogens is 368 g/mol. The number of aliphatic hydroxyl groups is 2. The van der Waals surface area contributed by atoms with Crippen LogP contribution in [-0.4, -0.2) is 43.7 Å². The summed E-state index contributed by atoms with van der Waals surface area (Å²) in [5, 5.41) is 34.1. The summed E-state index contributed by atoms with van der Waals surface area (Å²) in [6.07, 6.45) is 23.2. The number of hydrogen-bond donors (Lipinski definition) is 4. The van der Waals surface area contributed by atoms with E-state index in [1.807, 2.05) is 12.1 Å². The van der Waals surface area contributed by atoms with Gasteiger partial charge in [0.1, 0.15) is 0 Å². The minimum atomic E-state index is -0.842. The van der Waals surface area contributed by atoms with E-state index in [9.17, 15) is 15.0 Å². The van der Waals surface area contributed by atoms with Crippen molar-refractivity contribution in [1.29, 1.82) is 0 Å². The number of hydrogen-bond acceptors (Lipinski definition) is 4. The molecule has 0 aliphatic carbocycles. The van der Waals surface area contributed by atoms with E-state index >= 15 is 0 Å². The minimum absolute atomic E-state index is 0.0778. The van der Waals surface area contributed by atoms with Gasteiger partial charge in [-0.2, -0.15) is 5.10 Å². The lowest BCUT2D eigenvalue weighted by atomic mass is 10.1. The van der Waals surface area contributed by atoms with Crippen LogP contribution in [0.3, 0.4) is 0 Å². The predicted octanol–water partition coefficient (Wildman–Crippen LogP) is 4.57. The number of aromatic amines is 1. The molecule has 6 heteroatoms. The Bertz CT molecular complexity index is 575. The fourth-order valence-corrected chi connectivity index (χ4v) is 2.23. The van der Waals surface area contributed by atoms with Crippen LogP contribution in [0, 0.1) is 0 Å². The zero-order valence-corrected chi connectivity index (χ0v) is 17.4. The summed E-state index contributed by atoms with van der Waals surface area (Å²) in [7, 11) is 0. The second-order valence-corrected chi connectivity index (χ2v) is 6.54. The largest absolute Gasteiger partial charge is 0.481 e. The van der Waals surface area contributed by atoms with Crippen molar-refractivity contribution in [2.24, 2.45) is 0 Å². The Hall–Kier alpha value is -2.44. The number of carboxylic acids is 1. The van der Waals surface area contributed by atoms with E-state index in [1.165, 1.54) is 19.3 Å². The van der Waals surface area contributed by atoms with E-state index in [0.29, 0.717) is 19.3 Å². The van der Waals surface area contributed by atoms with Crippen molar-refractivity contribution in [2.45, 2.75) is 70.5 Å². The third-order valence-corrected chi connectivity index (χ3v) is 3.81. The lowest BCUT2D eigenvalue weighted by molar-refractivity contribution is -0.137. The van der Waals surface area contributed by atoms with E-state index in [0.717, 1.165) is 6.42 Å². The van der Waals surface area contributed by atoms with Crippen molar-refractivity contribution < 1.29 is 20.1 Å². The standard InChI is InChI=1S/C20H32O4.C3H4N2/c1-2-3-4-5-6-9-13-18(21)14-10-7-8-11-15-19(22)16-12-17-20(23)24;1-2-4-5-3-1/h6-11,14-15,18-19,21-22H,2-5,12-13,16-17H2,1H3,(H,23,24);1-3H,(H,4,5)/b8-7-,9-6-,14-10+,15-11+;/t18-,19-;/m1./s1. The Morgan fingerprint density at radius 1 is 1.03 bits per heavy atom. The quantitative estimate of drug-likeness (QED) is 0.206. The SMILES string of the molecule is CCCCC/C=C\C[C@@H](O)/C=C/C=C\C=C\[C@@H](O)CCCC(=O)O.c1cn[nH]c1. The number of nitrogens with one attached hydrogen (secondary N) is 1. The van der Waals surface area contributed by atoms with Gasteiger partial charge in [-0.1, -0.05) is 68.4 Å². The monoisotopic (exact) mass is 404 g/mol. The van der Waals surface area contributed by atoms with Gasteiger partial charge < -0.3 is 15.3 Å². The van der Waals surface area contributed by atoms with Gasteiger partial charge in [0.2, 0.25) is 0 Å². The van der Waals surface area contributed by atoms with Gasteiger partial charge in [-0.3, -0.25) is 9.89 Å².